The Labute approximate surface area is 119 Å². The van der Waals surface area contributed by atoms with Crippen molar-refractivity contribution in [3.8, 4) is 0 Å². The van der Waals surface area contributed by atoms with Crippen molar-refractivity contribution < 1.29 is 9.53 Å². The van der Waals surface area contributed by atoms with Crippen molar-refractivity contribution >= 4 is 5.91 Å². The number of hydrogen-bond acceptors (Lipinski definition) is 4. The monoisotopic (exact) mass is 280 g/mol. The molecule has 0 aliphatic carbocycles. The van der Waals surface area contributed by atoms with Crippen molar-refractivity contribution in [2.45, 2.75) is 37.8 Å². The average Bonchev–Trinajstić information content (AvgIpc) is 2.98. The second kappa shape index (κ2) is 6.85. The molecule has 1 aliphatic heterocycles. The van der Waals surface area contributed by atoms with E-state index in [0.29, 0.717) is 6.42 Å². The zero-order valence-corrected chi connectivity index (χ0v) is 12.3. The lowest BCUT2D eigenvalue weighted by Crippen LogP contribution is -2.49. The van der Waals surface area contributed by atoms with Gasteiger partial charge in [0, 0.05) is 39.5 Å². The second-order valence-electron chi connectivity index (χ2n) is 5.41. The van der Waals surface area contributed by atoms with E-state index in [2.05, 4.69) is 20.2 Å². The number of nitrogens with one attached hydrogen (secondary N) is 2. The van der Waals surface area contributed by atoms with Crippen LogP contribution in [0.2, 0.25) is 0 Å². The standard InChI is InChI=1S/C14H24N4O2/c1-15-13(19)4-6-14(20-2)5-3-9-18(11-14)10-12-16-7-8-17-12/h7-8H,3-6,9-11H2,1-2H3,(H,15,19)(H,16,17). The van der Waals surface area contributed by atoms with Crippen molar-refractivity contribution in [2.24, 2.45) is 0 Å². The van der Waals surface area contributed by atoms with E-state index in [0.717, 1.165) is 44.7 Å². The molecule has 0 radical (unpaired) electrons. The van der Waals surface area contributed by atoms with Gasteiger partial charge in [-0.05, 0) is 25.8 Å². The second-order valence-corrected chi connectivity index (χ2v) is 5.41. The number of piperidine rings is 1. The fourth-order valence-corrected chi connectivity index (χ4v) is 2.86. The number of imidazole rings is 1. The van der Waals surface area contributed by atoms with Crippen LogP contribution in [0.3, 0.4) is 0 Å². The van der Waals surface area contributed by atoms with Gasteiger partial charge in [-0.2, -0.15) is 0 Å². The summed E-state index contributed by atoms with van der Waals surface area (Å²) in [5.41, 5.74) is -0.211. The Morgan fingerprint density at radius 3 is 3.15 bits per heavy atom. The number of likely N-dealkylation sites (tertiary alicyclic amines) is 1. The molecule has 1 aromatic rings. The lowest BCUT2D eigenvalue weighted by atomic mass is 9.87. The maximum absolute atomic E-state index is 11.5. The van der Waals surface area contributed by atoms with Crippen molar-refractivity contribution in [2.75, 3.05) is 27.2 Å². The van der Waals surface area contributed by atoms with Gasteiger partial charge in [0.1, 0.15) is 5.82 Å². The summed E-state index contributed by atoms with van der Waals surface area (Å²) < 4.78 is 5.77. The van der Waals surface area contributed by atoms with E-state index in [-0.39, 0.29) is 11.5 Å². The van der Waals surface area contributed by atoms with Crippen LogP contribution in [0.25, 0.3) is 0 Å². The molecule has 0 bridgehead atoms. The lowest BCUT2D eigenvalue weighted by Gasteiger charge is -2.41. The molecule has 0 aromatic carbocycles. The number of methoxy groups -OCH3 is 1. The summed E-state index contributed by atoms with van der Waals surface area (Å²) in [7, 11) is 3.42. The predicted octanol–water partition coefficient (Wildman–Crippen LogP) is 0.917. The van der Waals surface area contributed by atoms with Crippen LogP contribution in [0, 0.1) is 0 Å². The lowest BCUT2D eigenvalue weighted by molar-refractivity contribution is -0.124. The molecule has 1 amide bonds. The number of H-pyrrole nitrogens is 1. The molecule has 112 valence electrons. The average molecular weight is 280 g/mol. The quantitative estimate of drug-likeness (QED) is 0.813. The molecule has 0 saturated carbocycles. The molecule has 2 rings (SSSR count). The van der Waals surface area contributed by atoms with Crippen LogP contribution in [-0.4, -0.2) is 53.6 Å². The highest BCUT2D eigenvalue weighted by Gasteiger charge is 2.35. The third-order valence-electron chi connectivity index (χ3n) is 4.07. The van der Waals surface area contributed by atoms with E-state index >= 15 is 0 Å². The highest BCUT2D eigenvalue weighted by atomic mass is 16.5. The number of rotatable bonds is 6. The normalized spacial score (nSPS) is 23.7. The number of aromatic nitrogens is 2. The number of amides is 1. The summed E-state index contributed by atoms with van der Waals surface area (Å²) in [5.74, 6) is 1.05. The highest BCUT2D eigenvalue weighted by molar-refractivity contribution is 5.75. The first-order valence-corrected chi connectivity index (χ1v) is 7.14. The van der Waals surface area contributed by atoms with Gasteiger partial charge in [-0.15, -0.1) is 0 Å². The largest absolute Gasteiger partial charge is 0.377 e. The summed E-state index contributed by atoms with van der Waals surface area (Å²) in [6.45, 7) is 2.70. The SMILES string of the molecule is CNC(=O)CCC1(OC)CCCN(Cc2ncc[nH]2)C1. The molecule has 1 saturated heterocycles. The third kappa shape index (κ3) is 3.80. The molecule has 1 unspecified atom stereocenters. The summed E-state index contributed by atoms with van der Waals surface area (Å²) in [6.07, 6.45) is 6.98. The molecular weight excluding hydrogens is 256 g/mol. The van der Waals surface area contributed by atoms with Gasteiger partial charge >= 0.3 is 0 Å². The number of aromatic amines is 1. The predicted molar refractivity (Wildman–Crippen MR) is 76.1 cm³/mol. The number of carbonyl (C=O) groups excluding carboxylic acids is 1. The van der Waals surface area contributed by atoms with Gasteiger partial charge in [-0.1, -0.05) is 0 Å². The molecule has 20 heavy (non-hydrogen) atoms. The van der Waals surface area contributed by atoms with Gasteiger partial charge in [-0.25, -0.2) is 4.98 Å². The van der Waals surface area contributed by atoms with Gasteiger partial charge in [-0.3, -0.25) is 9.69 Å². The maximum Gasteiger partial charge on any atom is 0.219 e. The zero-order chi connectivity index (χ0) is 14.4. The first kappa shape index (κ1) is 15.0. The van der Waals surface area contributed by atoms with Gasteiger partial charge in [0.05, 0.1) is 12.1 Å². The van der Waals surface area contributed by atoms with Crippen LogP contribution in [0.1, 0.15) is 31.5 Å². The number of hydrogen-bond donors (Lipinski definition) is 2. The van der Waals surface area contributed by atoms with Crippen molar-refractivity contribution in [1.29, 1.82) is 0 Å². The topological polar surface area (TPSA) is 70.2 Å². The number of nitrogens with zero attached hydrogens (tertiary/aromatic N) is 2. The first-order valence-electron chi connectivity index (χ1n) is 7.14. The van der Waals surface area contributed by atoms with Gasteiger partial charge in [0.2, 0.25) is 5.91 Å². The minimum Gasteiger partial charge on any atom is -0.377 e. The van der Waals surface area contributed by atoms with Crippen LogP contribution in [-0.2, 0) is 16.1 Å². The van der Waals surface area contributed by atoms with Crippen LogP contribution < -0.4 is 5.32 Å². The molecule has 6 nitrogen and oxygen atoms in total. The van der Waals surface area contributed by atoms with E-state index in [9.17, 15) is 4.79 Å². The Hall–Kier alpha value is -1.40. The summed E-state index contributed by atoms with van der Waals surface area (Å²) in [5, 5.41) is 2.67. The Balaban J connectivity index is 1.93. The Morgan fingerprint density at radius 2 is 2.50 bits per heavy atom. The van der Waals surface area contributed by atoms with Gasteiger partial charge < -0.3 is 15.0 Å². The zero-order valence-electron chi connectivity index (χ0n) is 12.3. The maximum atomic E-state index is 11.5. The van der Waals surface area contributed by atoms with E-state index < -0.39 is 0 Å². The van der Waals surface area contributed by atoms with E-state index in [1.54, 1.807) is 20.4 Å². The molecule has 1 aromatic heterocycles. The summed E-state index contributed by atoms with van der Waals surface area (Å²) >= 11 is 0. The molecule has 1 fully saturated rings. The minimum absolute atomic E-state index is 0.0737. The summed E-state index contributed by atoms with van der Waals surface area (Å²) in [6, 6.07) is 0. The van der Waals surface area contributed by atoms with Crippen LogP contribution in [0.5, 0.6) is 0 Å². The van der Waals surface area contributed by atoms with Crippen LogP contribution >= 0.6 is 0 Å². The number of carbonyl (C=O) groups is 1. The Morgan fingerprint density at radius 1 is 1.65 bits per heavy atom. The first-order chi connectivity index (χ1) is 9.67. The molecule has 0 spiro atoms. The third-order valence-corrected chi connectivity index (χ3v) is 4.07. The Bertz CT molecular complexity index is 421. The molecule has 2 N–H and O–H groups in total. The molecule has 6 heteroatoms. The Kier molecular flexibility index (Phi) is 5.14. The molecule has 2 heterocycles. The minimum atomic E-state index is -0.211. The molecule has 1 aliphatic rings. The van der Waals surface area contributed by atoms with Crippen LogP contribution in [0.4, 0.5) is 0 Å². The van der Waals surface area contributed by atoms with Crippen molar-refractivity contribution in [1.82, 2.24) is 20.2 Å². The smallest absolute Gasteiger partial charge is 0.219 e. The van der Waals surface area contributed by atoms with Gasteiger partial charge in [0.25, 0.3) is 0 Å². The van der Waals surface area contributed by atoms with E-state index in [4.69, 9.17) is 4.74 Å². The molecular formula is C14H24N4O2. The van der Waals surface area contributed by atoms with Gasteiger partial charge in [0.15, 0.2) is 0 Å². The molecule has 1 atom stereocenters. The van der Waals surface area contributed by atoms with E-state index in [1.165, 1.54) is 0 Å². The van der Waals surface area contributed by atoms with Crippen molar-refractivity contribution in [3.05, 3.63) is 18.2 Å². The van der Waals surface area contributed by atoms with Crippen molar-refractivity contribution in [3.63, 3.8) is 0 Å². The number of ether oxygens (including phenoxy) is 1. The highest BCUT2D eigenvalue weighted by Crippen LogP contribution is 2.29. The fourth-order valence-electron chi connectivity index (χ4n) is 2.86. The fraction of sp³-hybridized carbons (Fsp3) is 0.714. The van der Waals surface area contributed by atoms with E-state index in [1.807, 2.05) is 6.20 Å². The van der Waals surface area contributed by atoms with Crippen LogP contribution in [0.15, 0.2) is 12.4 Å². The summed E-state index contributed by atoms with van der Waals surface area (Å²) in [4.78, 5) is 21.2.